The van der Waals surface area contributed by atoms with Crippen LogP contribution in [0.25, 0.3) is 133 Å². The second-order valence-corrected chi connectivity index (χ2v) is 32.9. The molecule has 0 amide bonds. The van der Waals surface area contributed by atoms with Crippen molar-refractivity contribution in [1.29, 1.82) is 0 Å². The first-order chi connectivity index (χ1) is 61.6. The molecular formula is C108H87BN4. The smallest absolute Gasteiger partial charge is 0.252 e. The van der Waals surface area contributed by atoms with Gasteiger partial charge in [-0.3, -0.25) is 0 Å². The van der Waals surface area contributed by atoms with Gasteiger partial charge in [0.2, 0.25) is 0 Å². The first-order valence-corrected chi connectivity index (χ1v) is 38.6. The number of nitrogens with zero attached hydrogens (tertiary/aromatic N) is 4. The lowest BCUT2D eigenvalue weighted by molar-refractivity contribution is 0.590. The van der Waals surface area contributed by atoms with Crippen LogP contribution >= 0.6 is 0 Å². The number of benzene rings is 16. The summed E-state index contributed by atoms with van der Waals surface area (Å²) >= 11 is 0. The Morgan fingerprint density at radius 1 is 0.248 bits per heavy atom. The lowest BCUT2D eigenvalue weighted by Crippen LogP contribution is -2.61. The molecule has 0 N–H and O–H groups in total. The number of anilines is 6. The highest BCUT2D eigenvalue weighted by Gasteiger charge is 2.46. The van der Waals surface area contributed by atoms with E-state index in [1.807, 2.05) is 72.8 Å². The van der Waals surface area contributed by atoms with Crippen LogP contribution in [0.4, 0.5) is 34.1 Å². The third-order valence-corrected chi connectivity index (χ3v) is 22.9. The average Bonchev–Trinajstić information content (AvgIpc) is 1.63. The largest absolute Gasteiger partial charge is 0.310 e. The maximum absolute atomic E-state index is 9.98. The van der Waals surface area contributed by atoms with Crippen molar-refractivity contribution >= 4 is 101 Å². The molecule has 0 radical (unpaired) electrons. The number of rotatable bonds is 11. The van der Waals surface area contributed by atoms with Crippen molar-refractivity contribution in [3.8, 4) is 89.3 Å². The number of fused-ring (bicyclic) bond motifs is 10. The minimum atomic E-state index is -0.815. The summed E-state index contributed by atoms with van der Waals surface area (Å²) in [6.07, 6.45) is 0. The van der Waals surface area contributed by atoms with Crippen molar-refractivity contribution in [1.82, 2.24) is 9.13 Å². The van der Waals surface area contributed by atoms with Gasteiger partial charge in [0.15, 0.2) is 0 Å². The summed E-state index contributed by atoms with van der Waals surface area (Å²) < 4.78 is 156. The first-order valence-electron chi connectivity index (χ1n) is 46.6. The van der Waals surface area contributed by atoms with E-state index in [-0.39, 0.29) is 59.9 Å². The number of aromatic nitrogens is 2. The fourth-order valence-corrected chi connectivity index (χ4v) is 17.2. The highest BCUT2D eigenvalue weighted by Crippen LogP contribution is 2.55. The molecule has 2 aliphatic heterocycles. The first kappa shape index (κ1) is 53.6. The van der Waals surface area contributed by atoms with Crippen LogP contribution < -0.4 is 26.2 Å². The Labute approximate surface area is 686 Å². The number of hydrogen-bond donors (Lipinski definition) is 0. The van der Waals surface area contributed by atoms with Crippen LogP contribution in [-0.4, -0.2) is 15.8 Å². The van der Waals surface area contributed by atoms with Crippen LogP contribution in [-0.2, 0) is 16.2 Å². The molecule has 2 aromatic heterocycles. The normalized spacial score (nSPS) is 14.8. The van der Waals surface area contributed by atoms with Gasteiger partial charge in [0.25, 0.3) is 6.71 Å². The van der Waals surface area contributed by atoms with E-state index in [9.17, 15) is 21.9 Å². The fourth-order valence-electron chi connectivity index (χ4n) is 17.2. The Kier molecular flexibility index (Phi) is 12.7. The second-order valence-electron chi connectivity index (χ2n) is 32.9. The van der Waals surface area contributed by atoms with Gasteiger partial charge in [0, 0.05) is 77.9 Å². The summed E-state index contributed by atoms with van der Waals surface area (Å²) in [5.41, 5.74) is 21.8. The van der Waals surface area contributed by atoms with Gasteiger partial charge in [-0.1, -0.05) is 353 Å². The van der Waals surface area contributed by atoms with E-state index in [0.717, 1.165) is 111 Å². The topological polar surface area (TPSA) is 16.3 Å². The van der Waals surface area contributed by atoms with Crippen LogP contribution in [0.5, 0.6) is 0 Å². The Hall–Kier alpha value is -13.2. The zero-order valence-corrected chi connectivity index (χ0v) is 64.3. The molecule has 18 aromatic rings. The van der Waals surface area contributed by atoms with Crippen molar-refractivity contribution in [2.24, 2.45) is 0 Å². The van der Waals surface area contributed by atoms with E-state index in [0.29, 0.717) is 34.1 Å². The Balaban J connectivity index is 0.992. The van der Waals surface area contributed by atoms with Crippen molar-refractivity contribution in [3.63, 3.8) is 0 Å². The molecule has 113 heavy (non-hydrogen) atoms. The zero-order valence-electron chi connectivity index (χ0n) is 80.3. The van der Waals surface area contributed by atoms with E-state index < -0.39 is 103 Å². The third kappa shape index (κ3) is 11.7. The van der Waals surface area contributed by atoms with Gasteiger partial charge in [-0.2, -0.15) is 0 Å². The maximum Gasteiger partial charge on any atom is 0.252 e. The molecule has 0 unspecified atom stereocenters. The summed E-state index contributed by atoms with van der Waals surface area (Å²) in [4.78, 5) is 4.67. The van der Waals surface area contributed by atoms with E-state index in [1.165, 1.54) is 11.1 Å². The van der Waals surface area contributed by atoms with Crippen molar-refractivity contribution in [2.75, 3.05) is 9.80 Å². The number of para-hydroxylation sites is 6. The van der Waals surface area contributed by atoms with Gasteiger partial charge >= 0.3 is 0 Å². The summed E-state index contributed by atoms with van der Waals surface area (Å²) in [7, 11) is 0. The van der Waals surface area contributed by atoms with Gasteiger partial charge in [0.1, 0.15) is 0 Å². The predicted octanol–water partition coefficient (Wildman–Crippen LogP) is 27.5. The molecule has 4 nitrogen and oxygen atoms in total. The Bertz CT molecular complexity index is 7250. The van der Waals surface area contributed by atoms with Crippen molar-refractivity contribution in [2.45, 2.75) is 78.6 Å². The molecule has 0 bridgehead atoms. The molecule has 16 aromatic carbocycles. The van der Waals surface area contributed by atoms with Gasteiger partial charge in [-0.05, 0) is 178 Å². The highest BCUT2D eigenvalue weighted by atomic mass is 15.2. The Morgan fingerprint density at radius 3 is 0.956 bits per heavy atom. The molecular weight excluding hydrogens is 1360 g/mol. The zero-order chi connectivity index (χ0) is 90.5. The monoisotopic (exact) mass is 1470 g/mol. The molecule has 0 spiro atoms. The standard InChI is InChI=1S/C108H87BN4/c1-106(2,3)80-56-54-70(55-57-80)79-66-101-103-102(67-79)113(105-86(72-32-14-11-15-33-72)47-29-49-88(105)78-39-25-35-74(63-78)76-37-27-41-82(65-76)108(7,8)9)100-69-84(111-97-52-22-18-44-91(97)92-45-19-23-53-98(92)111)59-61-94(100)109(103)93-60-58-83(110-95-50-20-16-42-89(95)90-43-17-21-51-96(90)110)68-99(93)112(101)104-85(71-30-12-10-13-31-71)46-28-48-87(104)77-38-24-34-73(62-77)75-36-26-40-81(64-75)107(4,5)6/h10-69H,1-9H3/i16D,17D,18D,19D,20D,21D,22D,23D,42D,43D,44D,45D,50D,51D,52D,53D. The Morgan fingerprint density at radius 2 is 0.575 bits per heavy atom. The summed E-state index contributed by atoms with van der Waals surface area (Å²) in [5.74, 6) is 0. The summed E-state index contributed by atoms with van der Waals surface area (Å²) in [6, 6.07) is 84.4. The van der Waals surface area contributed by atoms with Crippen molar-refractivity contribution in [3.05, 3.63) is 380 Å². The maximum atomic E-state index is 9.98. The van der Waals surface area contributed by atoms with Crippen LogP contribution in [0.15, 0.2) is 364 Å². The van der Waals surface area contributed by atoms with Gasteiger partial charge in [-0.15, -0.1) is 0 Å². The minimum absolute atomic E-state index is 0.0606. The minimum Gasteiger partial charge on any atom is -0.310 e. The van der Waals surface area contributed by atoms with E-state index >= 15 is 0 Å². The quantitative estimate of drug-likeness (QED) is 0.120. The molecule has 5 heteroatoms. The molecule has 0 atom stereocenters. The molecule has 0 aliphatic carbocycles. The van der Waals surface area contributed by atoms with E-state index in [1.54, 1.807) is 9.13 Å². The molecule has 542 valence electrons. The molecule has 0 saturated heterocycles. The van der Waals surface area contributed by atoms with Crippen molar-refractivity contribution < 1.29 is 21.9 Å². The molecule has 2 aliphatic rings. The highest BCUT2D eigenvalue weighted by molar-refractivity contribution is 7.00. The SMILES string of the molecule is [2H]c1c([2H])c([2H])c2c(c1[2H])c1c([2H])c([2H])c([2H])c([2H])c1n2-c1ccc2c(c1)N(c1c(-c3ccccc3)cccc1-c1cccc(-c3cccc(C(C)(C)C)c3)c1)c1cc(-c3ccc(C(C)(C)C)cc3)cc3c1B2c1ccc(-n2c4c([2H])c([2H])c([2H])c([2H])c4c4c([2H])c([2H])c([2H])c([2H])c42)cc1N3c1c(-c2ccccc2)cccc1-c1cccc(-c2cccc(C(C)(C)C)c2)c1. The van der Waals surface area contributed by atoms with Gasteiger partial charge in [0.05, 0.1) is 55.4 Å². The van der Waals surface area contributed by atoms with Crippen LogP contribution in [0.1, 0.15) is 101 Å². The van der Waals surface area contributed by atoms with E-state index in [4.69, 9.17) is 0 Å². The summed E-state index contributed by atoms with van der Waals surface area (Å²) in [5, 5.41) is -0.324. The van der Waals surface area contributed by atoms with Crippen LogP contribution in [0, 0.1) is 0 Å². The molecule has 0 saturated carbocycles. The van der Waals surface area contributed by atoms with Gasteiger partial charge < -0.3 is 18.9 Å². The van der Waals surface area contributed by atoms with Crippen LogP contribution in [0.2, 0.25) is 0 Å². The molecule has 4 heterocycles. The molecule has 20 rings (SSSR count). The average molecular weight is 1470 g/mol. The third-order valence-electron chi connectivity index (χ3n) is 22.9. The predicted molar refractivity (Wildman–Crippen MR) is 483 cm³/mol. The van der Waals surface area contributed by atoms with E-state index in [2.05, 4.69) is 266 Å². The van der Waals surface area contributed by atoms with Gasteiger partial charge in [-0.25, -0.2) is 0 Å². The lowest BCUT2D eigenvalue weighted by atomic mass is 9.33. The molecule has 0 fully saturated rings. The summed E-state index contributed by atoms with van der Waals surface area (Å²) in [6.45, 7) is 19.0. The lowest BCUT2D eigenvalue weighted by Gasteiger charge is -2.46. The number of hydrogen-bond acceptors (Lipinski definition) is 2. The fraction of sp³-hybridized carbons (Fsp3) is 0.111. The van der Waals surface area contributed by atoms with Crippen LogP contribution in [0.3, 0.4) is 0 Å². The second kappa shape index (κ2) is 26.8.